The van der Waals surface area contributed by atoms with Crippen LogP contribution in [0, 0.1) is 17.0 Å². The molecule has 3 N–H and O–H groups in total. The Morgan fingerprint density at radius 3 is 1.84 bits per heavy atom. The molecule has 0 bridgehead atoms. The number of aryl methyl sites for hydroxylation is 1. The number of benzene rings is 4. The predicted molar refractivity (Wildman–Crippen MR) is 229 cm³/mol. The van der Waals surface area contributed by atoms with Crippen LogP contribution in [-0.4, -0.2) is 92.2 Å². The van der Waals surface area contributed by atoms with Gasteiger partial charge in [0.05, 0.1) is 75.5 Å². The second-order valence-corrected chi connectivity index (χ2v) is 14.5. The summed E-state index contributed by atoms with van der Waals surface area (Å²) in [6.07, 6.45) is -2.71. The second kappa shape index (κ2) is 23.4. The molecule has 17 nitrogen and oxygen atoms in total. The van der Waals surface area contributed by atoms with Crippen molar-refractivity contribution in [3.05, 3.63) is 180 Å². The maximum Gasteiger partial charge on any atom is 0.508 e. The molecule has 0 amide bonds. The first-order valence-corrected chi connectivity index (χ1v) is 20.6. The van der Waals surface area contributed by atoms with Gasteiger partial charge in [-0.15, -0.1) is 0 Å². The van der Waals surface area contributed by atoms with Crippen LogP contribution in [-0.2, 0) is 56.7 Å². The molecule has 3 atom stereocenters. The van der Waals surface area contributed by atoms with Crippen molar-refractivity contribution in [2.45, 2.75) is 50.6 Å². The quantitative estimate of drug-likeness (QED) is 0.0265. The van der Waals surface area contributed by atoms with Gasteiger partial charge in [0.15, 0.2) is 0 Å². The number of rotatable bonds is 24. The van der Waals surface area contributed by atoms with Crippen LogP contribution in [0.2, 0.25) is 0 Å². The summed E-state index contributed by atoms with van der Waals surface area (Å²) in [7, 11) is 0. The molecule has 1 aliphatic heterocycles. The van der Waals surface area contributed by atoms with Gasteiger partial charge in [-0.2, -0.15) is 0 Å². The molecule has 334 valence electrons. The third-order valence-electron chi connectivity index (χ3n) is 10.3. The van der Waals surface area contributed by atoms with Gasteiger partial charge >= 0.3 is 11.8 Å². The highest BCUT2D eigenvalue weighted by Gasteiger charge is 2.44. The number of nitrogens with zero attached hydrogens (tertiary/aromatic N) is 2. The lowest BCUT2D eigenvalue weighted by atomic mass is 9.80. The summed E-state index contributed by atoms with van der Waals surface area (Å²) in [6.45, 7) is 3.76. The SMILES string of the molecule is Cc1cn([C@H]2C[C@@H](OC(=O)OCc3cccc(COCCOCCOCCOCCN)c3[N+](=O)[O-])[C@@H](COC(c3ccccc3)(c3ccccc3)c3ccccc3)O2)c(=O)[nH]c1=O. The molecule has 4 aromatic carbocycles. The first-order chi connectivity index (χ1) is 30.7. The number of hydrogen-bond acceptors (Lipinski definition) is 14. The van der Waals surface area contributed by atoms with Crippen LogP contribution in [0.25, 0.3) is 0 Å². The third kappa shape index (κ3) is 12.3. The average Bonchev–Trinajstić information content (AvgIpc) is 3.70. The maximum atomic E-state index is 13.5. The molecule has 0 unspecified atom stereocenters. The molecule has 1 aromatic heterocycles. The Bertz CT molecular complexity index is 2230. The number of nitro benzene ring substituents is 1. The standard InChI is InChI=1S/C46H52N4O13/c1-33-29-49(44(52)48-43(33)51)41-28-39(40(62-41)32-61-46(36-14-5-2-6-15-36,37-16-7-3-8-17-37)38-18-9-4-10-19-38)63-45(53)60-31-35-13-11-12-34(42(35)50(54)55)30-59-27-26-58-25-24-57-23-22-56-21-20-47/h2-19,29,39-41H,20-28,30-32,47H2,1H3,(H,48,51,52)/t39-,40-,41-/m1/s1. The lowest BCUT2D eigenvalue weighted by molar-refractivity contribution is -0.386. The predicted octanol–water partition coefficient (Wildman–Crippen LogP) is 5.30. The first kappa shape index (κ1) is 46.5. The maximum absolute atomic E-state index is 13.5. The van der Waals surface area contributed by atoms with Gasteiger partial charge in [-0.05, 0) is 35.7 Å². The minimum Gasteiger partial charge on any atom is -0.429 e. The monoisotopic (exact) mass is 868 g/mol. The highest BCUT2D eigenvalue weighted by molar-refractivity contribution is 5.61. The summed E-state index contributed by atoms with van der Waals surface area (Å²) in [6, 6.07) is 33.6. The van der Waals surface area contributed by atoms with Crippen LogP contribution < -0.4 is 17.0 Å². The fourth-order valence-electron chi connectivity index (χ4n) is 7.25. The summed E-state index contributed by atoms with van der Waals surface area (Å²) in [5, 5.41) is 12.3. The van der Waals surface area contributed by atoms with Gasteiger partial charge in [-0.25, -0.2) is 9.59 Å². The fourth-order valence-corrected chi connectivity index (χ4v) is 7.25. The van der Waals surface area contributed by atoms with E-state index in [1.165, 1.54) is 16.8 Å². The number of nitro groups is 1. The van der Waals surface area contributed by atoms with Crippen LogP contribution in [0.5, 0.6) is 0 Å². The molecule has 0 saturated carbocycles. The number of hydrogen-bond donors (Lipinski definition) is 2. The van der Waals surface area contributed by atoms with Gasteiger partial charge in [0.1, 0.15) is 30.6 Å². The van der Waals surface area contributed by atoms with Crippen molar-refractivity contribution < 1.29 is 47.6 Å². The number of carbonyl (C=O) groups excluding carboxylic acids is 1. The highest BCUT2D eigenvalue weighted by Crippen LogP contribution is 2.42. The van der Waals surface area contributed by atoms with E-state index in [0.29, 0.717) is 39.6 Å². The fraction of sp³-hybridized carbons (Fsp3) is 0.370. The molecule has 2 heterocycles. The zero-order valence-electron chi connectivity index (χ0n) is 35.0. The van der Waals surface area contributed by atoms with E-state index in [9.17, 15) is 24.5 Å². The Balaban J connectivity index is 1.15. The van der Waals surface area contributed by atoms with E-state index in [1.807, 2.05) is 91.0 Å². The van der Waals surface area contributed by atoms with E-state index in [2.05, 4.69) is 4.98 Å². The Labute approximate surface area is 363 Å². The Morgan fingerprint density at radius 1 is 0.778 bits per heavy atom. The summed E-state index contributed by atoms with van der Waals surface area (Å²) in [4.78, 5) is 52.8. The van der Waals surface area contributed by atoms with Crippen LogP contribution in [0.4, 0.5) is 10.5 Å². The number of para-hydroxylation sites is 1. The van der Waals surface area contributed by atoms with E-state index in [-0.39, 0.29) is 55.2 Å². The molecule has 0 aliphatic carbocycles. The van der Waals surface area contributed by atoms with E-state index in [4.69, 9.17) is 43.6 Å². The molecule has 0 spiro atoms. The van der Waals surface area contributed by atoms with Gasteiger partial charge in [-0.1, -0.05) is 97.1 Å². The van der Waals surface area contributed by atoms with Crippen LogP contribution in [0.1, 0.15) is 46.0 Å². The summed E-state index contributed by atoms with van der Waals surface area (Å²) in [5.74, 6) is 0. The summed E-state index contributed by atoms with van der Waals surface area (Å²) in [5.41, 5.74) is 5.86. The summed E-state index contributed by atoms with van der Waals surface area (Å²) < 4.78 is 47.8. The van der Waals surface area contributed by atoms with Gasteiger partial charge in [0.2, 0.25) is 0 Å². The number of nitrogens with two attached hydrogens (primary N) is 1. The molecule has 1 fully saturated rings. The zero-order chi connectivity index (χ0) is 44.4. The number of ether oxygens (including phenoxy) is 8. The first-order valence-electron chi connectivity index (χ1n) is 20.6. The Kier molecular flexibility index (Phi) is 17.3. The number of nitrogens with one attached hydrogen (secondary N) is 1. The second-order valence-electron chi connectivity index (χ2n) is 14.5. The molecule has 1 saturated heterocycles. The van der Waals surface area contributed by atoms with Crippen molar-refractivity contribution in [3.63, 3.8) is 0 Å². The van der Waals surface area contributed by atoms with Crippen molar-refractivity contribution in [1.82, 2.24) is 9.55 Å². The number of carbonyl (C=O) groups is 1. The molecular weight excluding hydrogens is 817 g/mol. The van der Waals surface area contributed by atoms with Gasteiger partial charge in [0, 0.05) is 24.7 Å². The van der Waals surface area contributed by atoms with Crippen LogP contribution >= 0.6 is 0 Å². The van der Waals surface area contributed by atoms with Gasteiger partial charge in [-0.3, -0.25) is 24.5 Å². The van der Waals surface area contributed by atoms with E-state index in [0.717, 1.165) is 16.7 Å². The van der Waals surface area contributed by atoms with E-state index in [1.54, 1.807) is 19.1 Å². The van der Waals surface area contributed by atoms with Gasteiger partial charge in [0.25, 0.3) is 11.2 Å². The molecule has 63 heavy (non-hydrogen) atoms. The highest BCUT2D eigenvalue weighted by atomic mass is 16.7. The molecule has 0 radical (unpaired) electrons. The molecule has 6 rings (SSSR count). The number of aromatic amines is 1. The zero-order valence-corrected chi connectivity index (χ0v) is 35.0. The Hall–Kier alpha value is -6.05. The normalized spacial score (nSPS) is 16.2. The third-order valence-corrected chi connectivity index (χ3v) is 10.3. The minimum absolute atomic E-state index is 0.0164. The van der Waals surface area contributed by atoms with Crippen molar-refractivity contribution in [2.75, 3.05) is 59.4 Å². The molecular formula is C46H52N4O13. The topological polar surface area (TPSA) is 215 Å². The minimum atomic E-state index is -1.15. The number of H-pyrrole nitrogens is 1. The van der Waals surface area contributed by atoms with Crippen molar-refractivity contribution in [3.8, 4) is 0 Å². The molecule has 17 heteroatoms. The van der Waals surface area contributed by atoms with Crippen molar-refractivity contribution >= 4 is 11.8 Å². The number of aromatic nitrogens is 2. The van der Waals surface area contributed by atoms with Crippen molar-refractivity contribution in [2.24, 2.45) is 5.73 Å². The summed E-state index contributed by atoms with van der Waals surface area (Å²) >= 11 is 0. The van der Waals surface area contributed by atoms with E-state index < -0.39 is 53.0 Å². The Morgan fingerprint density at radius 2 is 1.30 bits per heavy atom. The van der Waals surface area contributed by atoms with Crippen LogP contribution in [0.3, 0.4) is 0 Å². The van der Waals surface area contributed by atoms with Crippen molar-refractivity contribution in [1.29, 1.82) is 0 Å². The van der Waals surface area contributed by atoms with Gasteiger partial charge < -0.3 is 43.6 Å². The largest absolute Gasteiger partial charge is 0.508 e. The average molecular weight is 869 g/mol. The lowest BCUT2D eigenvalue weighted by Crippen LogP contribution is -2.39. The molecule has 1 aliphatic rings. The lowest BCUT2D eigenvalue weighted by Gasteiger charge is -2.37. The smallest absolute Gasteiger partial charge is 0.429 e. The van der Waals surface area contributed by atoms with E-state index >= 15 is 0 Å². The van der Waals surface area contributed by atoms with Crippen LogP contribution in [0.15, 0.2) is 125 Å². The molecule has 5 aromatic rings.